The van der Waals surface area contributed by atoms with Gasteiger partial charge < -0.3 is 20.4 Å². The van der Waals surface area contributed by atoms with Gasteiger partial charge in [0.25, 0.3) is 0 Å². The molecule has 160 valence electrons. The molecular formula is C22H13O9P. The maximum absolute atomic E-state index is 11.8. The third-order valence-corrected chi connectivity index (χ3v) is 5.27. The van der Waals surface area contributed by atoms with Crippen LogP contribution in [0.2, 0.25) is 0 Å². The van der Waals surface area contributed by atoms with E-state index < -0.39 is 54.6 Å². The van der Waals surface area contributed by atoms with Gasteiger partial charge in [-0.2, -0.15) is 0 Å². The Hall–Kier alpha value is -4.36. The van der Waals surface area contributed by atoms with Crippen LogP contribution >= 0.6 is 8.46 Å². The monoisotopic (exact) mass is 452 g/mol. The number of hydrogen-bond acceptors (Lipinski definition) is 5. The van der Waals surface area contributed by atoms with Gasteiger partial charge in [0.2, 0.25) is 0 Å². The zero-order valence-corrected chi connectivity index (χ0v) is 16.9. The summed E-state index contributed by atoms with van der Waals surface area (Å²) in [6, 6.07) is 11.9. The second-order valence-corrected chi connectivity index (χ2v) is 7.20. The van der Waals surface area contributed by atoms with Crippen molar-refractivity contribution < 1.29 is 44.2 Å². The lowest BCUT2D eigenvalue weighted by Gasteiger charge is -2.15. The van der Waals surface area contributed by atoms with E-state index in [0.717, 1.165) is 24.3 Å². The first-order valence-corrected chi connectivity index (χ1v) is 9.65. The van der Waals surface area contributed by atoms with Crippen LogP contribution in [0.3, 0.4) is 0 Å². The molecule has 0 aliphatic carbocycles. The number of carbonyl (C=O) groups is 4. The number of rotatable bonds is 7. The standard InChI is InChI=1S/C22H13O9P/c23-19(24)13-6-4-10(8-15(13)21(27)28)12-2-1-3-17(32-31)18(12)11-5-7-14(20(25)26)16(9-11)22(29)30/h1-9H,(H,23,24)(H,25,26)(H,27,28)(H,29,30). The number of aromatic carboxylic acids is 4. The molecule has 0 radical (unpaired) electrons. The van der Waals surface area contributed by atoms with Crippen molar-refractivity contribution in [2.75, 3.05) is 0 Å². The van der Waals surface area contributed by atoms with Gasteiger partial charge in [0.1, 0.15) is 0 Å². The van der Waals surface area contributed by atoms with Crippen LogP contribution in [0.25, 0.3) is 22.3 Å². The third kappa shape index (κ3) is 4.10. The van der Waals surface area contributed by atoms with Gasteiger partial charge in [0.15, 0.2) is 8.46 Å². The molecule has 0 fully saturated rings. The van der Waals surface area contributed by atoms with E-state index in [1.165, 1.54) is 18.2 Å². The summed E-state index contributed by atoms with van der Waals surface area (Å²) in [4.78, 5) is 45.9. The van der Waals surface area contributed by atoms with Crippen molar-refractivity contribution in [3.63, 3.8) is 0 Å². The summed E-state index contributed by atoms with van der Waals surface area (Å²) in [6.07, 6.45) is 0. The van der Waals surface area contributed by atoms with Gasteiger partial charge >= 0.3 is 23.9 Å². The molecule has 0 atom stereocenters. The van der Waals surface area contributed by atoms with Gasteiger partial charge in [-0.15, -0.1) is 0 Å². The molecular weight excluding hydrogens is 439 g/mol. The Morgan fingerprint density at radius 3 is 1.53 bits per heavy atom. The summed E-state index contributed by atoms with van der Waals surface area (Å²) in [5, 5.41) is 37.6. The molecule has 0 saturated heterocycles. The van der Waals surface area contributed by atoms with Crippen LogP contribution in [0.1, 0.15) is 41.4 Å². The fraction of sp³-hybridized carbons (Fsp3) is 0. The van der Waals surface area contributed by atoms with Crippen LogP contribution in [0, 0.1) is 0 Å². The molecule has 0 amide bonds. The Bertz CT molecular complexity index is 1310. The Morgan fingerprint density at radius 1 is 0.594 bits per heavy atom. The van der Waals surface area contributed by atoms with Crippen molar-refractivity contribution in [3.05, 3.63) is 76.9 Å². The average molecular weight is 452 g/mol. The molecule has 0 unspecified atom stereocenters. The lowest BCUT2D eigenvalue weighted by atomic mass is 9.90. The number of carboxylic acids is 4. The first-order chi connectivity index (χ1) is 15.1. The third-order valence-electron chi connectivity index (χ3n) is 4.70. The minimum absolute atomic E-state index is 0.237. The van der Waals surface area contributed by atoms with Crippen LogP contribution in [0.4, 0.5) is 0 Å². The first-order valence-electron chi connectivity index (χ1n) is 8.84. The molecule has 4 N–H and O–H groups in total. The molecule has 3 aromatic carbocycles. The Balaban J connectivity index is 2.33. The van der Waals surface area contributed by atoms with E-state index in [9.17, 15) is 44.2 Å². The molecule has 0 saturated carbocycles. The van der Waals surface area contributed by atoms with E-state index >= 15 is 0 Å². The molecule has 0 heterocycles. The molecule has 0 aliphatic rings. The van der Waals surface area contributed by atoms with E-state index in [-0.39, 0.29) is 22.0 Å². The fourth-order valence-corrected chi connectivity index (χ4v) is 3.79. The van der Waals surface area contributed by atoms with Crippen LogP contribution in [-0.2, 0) is 4.57 Å². The minimum atomic E-state index is -1.47. The van der Waals surface area contributed by atoms with E-state index in [4.69, 9.17) is 0 Å². The Kier molecular flexibility index (Phi) is 6.13. The molecule has 32 heavy (non-hydrogen) atoms. The fourth-order valence-electron chi connectivity index (χ4n) is 3.30. The van der Waals surface area contributed by atoms with Crippen molar-refractivity contribution >= 4 is 37.6 Å². The number of carboxylic acid groups (broad SMARTS) is 4. The van der Waals surface area contributed by atoms with Gasteiger partial charge in [-0.05, 0) is 47.0 Å². The molecule has 0 bridgehead atoms. The van der Waals surface area contributed by atoms with Crippen LogP contribution in [0.5, 0.6) is 0 Å². The van der Waals surface area contributed by atoms with E-state index in [0.29, 0.717) is 5.56 Å². The van der Waals surface area contributed by atoms with Gasteiger partial charge in [0.05, 0.1) is 27.6 Å². The van der Waals surface area contributed by atoms with E-state index in [1.54, 1.807) is 12.1 Å². The molecule has 3 rings (SSSR count). The molecule has 10 heteroatoms. The lowest BCUT2D eigenvalue weighted by molar-refractivity contribution is 0.0651. The van der Waals surface area contributed by atoms with Crippen LogP contribution < -0.4 is 5.30 Å². The predicted octanol–water partition coefficient (Wildman–Crippen LogP) is 3.73. The highest BCUT2D eigenvalue weighted by atomic mass is 31.1. The molecule has 0 aromatic heterocycles. The van der Waals surface area contributed by atoms with Crippen molar-refractivity contribution in [2.45, 2.75) is 0 Å². The van der Waals surface area contributed by atoms with E-state index in [2.05, 4.69) is 0 Å². The summed E-state index contributed by atoms with van der Waals surface area (Å²) in [5.74, 6) is -5.78. The number of benzene rings is 3. The van der Waals surface area contributed by atoms with Crippen molar-refractivity contribution in [3.8, 4) is 22.3 Å². The highest BCUT2D eigenvalue weighted by Crippen LogP contribution is 2.34. The Labute approximate surface area is 181 Å². The van der Waals surface area contributed by atoms with Crippen LogP contribution in [0.15, 0.2) is 54.6 Å². The molecule has 9 nitrogen and oxygen atoms in total. The average Bonchev–Trinajstić information content (AvgIpc) is 2.77. The zero-order chi connectivity index (χ0) is 23.6. The summed E-state index contributed by atoms with van der Waals surface area (Å²) < 4.78 is 11.8. The van der Waals surface area contributed by atoms with Gasteiger partial charge in [0, 0.05) is 5.56 Å². The number of hydrogen-bond donors (Lipinski definition) is 4. The quantitative estimate of drug-likeness (QED) is 0.391. The van der Waals surface area contributed by atoms with Gasteiger partial charge in [-0.25, -0.2) is 19.2 Å². The molecule has 3 aromatic rings. The van der Waals surface area contributed by atoms with Crippen molar-refractivity contribution in [1.82, 2.24) is 0 Å². The van der Waals surface area contributed by atoms with Gasteiger partial charge in [-0.1, -0.05) is 24.3 Å². The lowest BCUT2D eigenvalue weighted by Crippen LogP contribution is -2.10. The summed E-state index contributed by atoms with van der Waals surface area (Å²) in [5.41, 5.74) is -0.636. The smallest absolute Gasteiger partial charge is 0.336 e. The van der Waals surface area contributed by atoms with E-state index in [1.807, 2.05) is 0 Å². The maximum atomic E-state index is 11.8. The first kappa shape index (κ1) is 22.3. The SMILES string of the molecule is O=Pc1cccc(-c2ccc(C(=O)O)c(C(=O)O)c2)c1-c1ccc(C(=O)O)c(C(=O)O)c1. The minimum Gasteiger partial charge on any atom is -0.478 e. The van der Waals surface area contributed by atoms with Gasteiger partial charge in [-0.3, -0.25) is 4.57 Å². The maximum Gasteiger partial charge on any atom is 0.336 e. The summed E-state index contributed by atoms with van der Waals surface area (Å²) >= 11 is 0. The summed E-state index contributed by atoms with van der Waals surface area (Å²) in [6.45, 7) is 0. The van der Waals surface area contributed by atoms with Crippen molar-refractivity contribution in [1.29, 1.82) is 0 Å². The zero-order valence-electron chi connectivity index (χ0n) is 16.0. The molecule has 0 aliphatic heterocycles. The Morgan fingerprint density at radius 2 is 1.06 bits per heavy atom. The van der Waals surface area contributed by atoms with Crippen LogP contribution in [-0.4, -0.2) is 44.3 Å². The highest BCUT2D eigenvalue weighted by molar-refractivity contribution is 7.34. The second kappa shape index (κ2) is 8.79. The largest absolute Gasteiger partial charge is 0.478 e. The predicted molar refractivity (Wildman–Crippen MR) is 112 cm³/mol. The van der Waals surface area contributed by atoms with Crippen molar-refractivity contribution in [2.24, 2.45) is 0 Å². The normalized spacial score (nSPS) is 10.6. The topological polar surface area (TPSA) is 166 Å². The second-order valence-electron chi connectivity index (χ2n) is 6.53. The highest BCUT2D eigenvalue weighted by Gasteiger charge is 2.22. The molecule has 0 spiro atoms. The summed E-state index contributed by atoms with van der Waals surface area (Å²) in [7, 11) is -0.420.